The number of pyridine rings is 1. The van der Waals surface area contributed by atoms with E-state index in [0.717, 1.165) is 11.1 Å². The summed E-state index contributed by atoms with van der Waals surface area (Å²) in [5.41, 5.74) is 2.27. The van der Waals surface area contributed by atoms with Crippen LogP contribution in [0.15, 0.2) is 73.1 Å². The van der Waals surface area contributed by atoms with Gasteiger partial charge in [-0.1, -0.05) is 48.1 Å². The maximum absolute atomic E-state index is 13.3. The molecule has 0 saturated heterocycles. The molecule has 0 radical (unpaired) electrons. The third-order valence-electron chi connectivity index (χ3n) is 4.28. The summed E-state index contributed by atoms with van der Waals surface area (Å²) >= 11 is 11.8. The molecule has 1 heterocycles. The Balaban J connectivity index is 1.89. The Kier molecular flexibility index (Phi) is 6.49. The lowest BCUT2D eigenvalue weighted by Gasteiger charge is -2.16. The first-order valence-electron chi connectivity index (χ1n) is 8.74. The number of thiocarbonyl (C=S) groups is 1. The zero-order valence-corrected chi connectivity index (χ0v) is 16.8. The molecule has 1 atom stereocenters. The minimum absolute atomic E-state index is 0.196. The van der Waals surface area contributed by atoms with Gasteiger partial charge in [0, 0.05) is 23.7 Å². The van der Waals surface area contributed by atoms with Crippen LogP contribution in [-0.2, 0) is 6.54 Å². The van der Waals surface area contributed by atoms with Gasteiger partial charge < -0.3 is 5.32 Å². The highest BCUT2D eigenvalue weighted by atomic mass is 35.5. The molecule has 0 spiro atoms. The molecule has 0 aliphatic heterocycles. The van der Waals surface area contributed by atoms with Crippen molar-refractivity contribution in [1.82, 2.24) is 5.32 Å². The Bertz CT molecular complexity index is 1010. The molecule has 142 valence electrons. The number of carbonyl (C=O) groups is 1. The number of ketones is 1. The van der Waals surface area contributed by atoms with E-state index < -0.39 is 6.04 Å². The second kappa shape index (κ2) is 9.04. The molecule has 0 amide bonds. The van der Waals surface area contributed by atoms with Crippen LogP contribution in [-0.4, -0.2) is 10.8 Å². The van der Waals surface area contributed by atoms with E-state index in [4.69, 9.17) is 23.8 Å². The Morgan fingerprint density at radius 2 is 1.86 bits per heavy atom. The molecule has 0 bridgehead atoms. The van der Waals surface area contributed by atoms with E-state index >= 15 is 0 Å². The van der Waals surface area contributed by atoms with E-state index in [-0.39, 0.29) is 11.6 Å². The largest absolute Gasteiger partial charge is 0.370 e. The summed E-state index contributed by atoms with van der Waals surface area (Å²) in [6.45, 7) is 2.33. The number of hydrogen-bond donors (Lipinski definition) is 1. The Morgan fingerprint density at radius 3 is 2.54 bits per heavy atom. The molecule has 3 aromatic rings. The summed E-state index contributed by atoms with van der Waals surface area (Å²) in [5, 5.41) is 3.51. The SMILES string of the molecule is Cc1ccc[n+]([C@H](C(=O)c2ccccc2Cl)C(=S)NCc2ccc(F)cc2)c1. The second-order valence-corrected chi connectivity index (χ2v) is 7.27. The molecular weight excluding hydrogens is 395 g/mol. The number of Topliss-reactive ketones (excluding diaryl/α,β-unsaturated/α-hetero) is 1. The third-order valence-corrected chi connectivity index (χ3v) is 4.98. The van der Waals surface area contributed by atoms with Crippen LogP contribution < -0.4 is 9.88 Å². The first kappa shape index (κ1) is 20.1. The number of nitrogens with zero attached hydrogens (tertiary/aromatic N) is 1. The number of aromatic nitrogens is 1. The van der Waals surface area contributed by atoms with E-state index in [0.29, 0.717) is 22.1 Å². The summed E-state index contributed by atoms with van der Waals surface area (Å²) in [7, 11) is 0. The number of halogens is 2. The van der Waals surface area contributed by atoms with E-state index in [2.05, 4.69) is 5.32 Å². The molecule has 0 aliphatic carbocycles. The highest BCUT2D eigenvalue weighted by molar-refractivity contribution is 7.80. The standard InChI is InChI=1S/C22H18ClFN2OS/c1-15-5-4-12-26(14-15)20(21(27)18-6-2-3-7-19(18)23)22(28)25-13-16-8-10-17(24)11-9-16/h2-12,14,20H,13H2,1H3/p+1/t20-/m1/s1. The summed E-state index contributed by atoms with van der Waals surface area (Å²) in [6, 6.07) is 16.1. The molecule has 3 rings (SSSR count). The van der Waals surface area contributed by atoms with Crippen molar-refractivity contribution in [2.24, 2.45) is 0 Å². The highest BCUT2D eigenvalue weighted by Crippen LogP contribution is 2.20. The van der Waals surface area contributed by atoms with Gasteiger partial charge >= 0.3 is 0 Å². The van der Waals surface area contributed by atoms with E-state index in [1.165, 1.54) is 12.1 Å². The summed E-state index contributed by atoms with van der Waals surface area (Å²) in [4.78, 5) is 13.7. The molecule has 0 saturated carbocycles. The fraction of sp³-hybridized carbons (Fsp3) is 0.136. The molecule has 0 aliphatic rings. The first-order valence-corrected chi connectivity index (χ1v) is 9.52. The van der Waals surface area contributed by atoms with Crippen molar-refractivity contribution < 1.29 is 13.8 Å². The van der Waals surface area contributed by atoms with Gasteiger partial charge in [-0.3, -0.25) is 4.79 Å². The lowest BCUT2D eigenvalue weighted by molar-refractivity contribution is -0.692. The van der Waals surface area contributed by atoms with Gasteiger partial charge in [0.25, 0.3) is 6.04 Å². The number of hydrogen-bond acceptors (Lipinski definition) is 2. The Labute approximate surface area is 173 Å². The number of benzene rings is 2. The quantitative estimate of drug-likeness (QED) is 0.364. The van der Waals surface area contributed by atoms with Crippen molar-refractivity contribution in [2.75, 3.05) is 0 Å². The van der Waals surface area contributed by atoms with Crippen LogP contribution in [0.25, 0.3) is 0 Å². The van der Waals surface area contributed by atoms with Crippen LogP contribution in [0.3, 0.4) is 0 Å². The van der Waals surface area contributed by atoms with Crippen molar-refractivity contribution >= 4 is 34.6 Å². The fourth-order valence-corrected chi connectivity index (χ4v) is 3.39. The smallest absolute Gasteiger partial charge is 0.270 e. The highest BCUT2D eigenvalue weighted by Gasteiger charge is 2.34. The molecule has 6 heteroatoms. The van der Waals surface area contributed by atoms with Crippen LogP contribution >= 0.6 is 23.8 Å². The van der Waals surface area contributed by atoms with Crippen LogP contribution in [0.1, 0.15) is 27.5 Å². The molecular formula is C22H19ClFN2OS+. The zero-order valence-electron chi connectivity index (χ0n) is 15.2. The first-order chi connectivity index (χ1) is 13.5. The minimum Gasteiger partial charge on any atom is -0.370 e. The van der Waals surface area contributed by atoms with Crippen molar-refractivity contribution in [3.8, 4) is 0 Å². The summed E-state index contributed by atoms with van der Waals surface area (Å²) < 4.78 is 14.9. The van der Waals surface area contributed by atoms with Gasteiger partial charge in [0.05, 0.1) is 5.02 Å². The molecule has 1 N–H and O–H groups in total. The molecule has 2 aromatic carbocycles. The average molecular weight is 414 g/mol. The average Bonchev–Trinajstić information content (AvgIpc) is 2.68. The van der Waals surface area contributed by atoms with Crippen molar-refractivity contribution in [2.45, 2.75) is 19.5 Å². The molecule has 28 heavy (non-hydrogen) atoms. The second-order valence-electron chi connectivity index (χ2n) is 6.42. The summed E-state index contributed by atoms with van der Waals surface area (Å²) in [5.74, 6) is -0.494. The number of aryl methyl sites for hydroxylation is 1. The van der Waals surface area contributed by atoms with Crippen molar-refractivity contribution in [3.05, 3.63) is 101 Å². The zero-order chi connectivity index (χ0) is 20.1. The normalized spacial score (nSPS) is 11.7. The minimum atomic E-state index is -0.741. The number of rotatable bonds is 6. The van der Waals surface area contributed by atoms with Crippen LogP contribution in [0.2, 0.25) is 5.02 Å². The maximum atomic E-state index is 13.3. The van der Waals surface area contributed by atoms with Gasteiger partial charge in [0.2, 0.25) is 5.78 Å². The summed E-state index contributed by atoms with van der Waals surface area (Å²) in [6.07, 6.45) is 3.67. The van der Waals surface area contributed by atoms with Gasteiger partial charge in [0.1, 0.15) is 5.82 Å². The van der Waals surface area contributed by atoms with E-state index in [1.807, 2.05) is 25.3 Å². The monoisotopic (exact) mass is 413 g/mol. The van der Waals surface area contributed by atoms with Crippen LogP contribution in [0.4, 0.5) is 4.39 Å². The van der Waals surface area contributed by atoms with Crippen molar-refractivity contribution in [3.63, 3.8) is 0 Å². The molecule has 3 nitrogen and oxygen atoms in total. The van der Waals surface area contributed by atoms with Gasteiger partial charge in [0.15, 0.2) is 17.4 Å². The van der Waals surface area contributed by atoms with Crippen LogP contribution in [0, 0.1) is 12.7 Å². The van der Waals surface area contributed by atoms with Crippen molar-refractivity contribution in [1.29, 1.82) is 0 Å². The maximum Gasteiger partial charge on any atom is 0.270 e. The lowest BCUT2D eigenvalue weighted by atomic mass is 10.0. The van der Waals surface area contributed by atoms with Gasteiger partial charge in [-0.2, -0.15) is 4.57 Å². The molecule has 1 aromatic heterocycles. The predicted octanol–water partition coefficient (Wildman–Crippen LogP) is 4.62. The fourth-order valence-electron chi connectivity index (χ4n) is 2.86. The number of carbonyl (C=O) groups excluding carboxylic acids is 1. The Morgan fingerprint density at radius 1 is 1.14 bits per heavy atom. The molecule has 0 fully saturated rings. The topological polar surface area (TPSA) is 33.0 Å². The van der Waals surface area contributed by atoms with E-state index in [1.54, 1.807) is 47.2 Å². The number of nitrogens with one attached hydrogen (secondary N) is 1. The predicted molar refractivity (Wildman–Crippen MR) is 112 cm³/mol. The Hall–Kier alpha value is -2.63. The van der Waals surface area contributed by atoms with E-state index in [9.17, 15) is 9.18 Å². The third kappa shape index (κ3) is 4.80. The van der Waals surface area contributed by atoms with Crippen LogP contribution in [0.5, 0.6) is 0 Å². The van der Waals surface area contributed by atoms with Gasteiger partial charge in [-0.25, -0.2) is 4.39 Å². The molecule has 0 unspecified atom stereocenters. The lowest BCUT2D eigenvalue weighted by Crippen LogP contribution is -2.51. The van der Waals surface area contributed by atoms with Gasteiger partial charge in [-0.15, -0.1) is 0 Å². The van der Waals surface area contributed by atoms with Gasteiger partial charge in [-0.05, 0) is 42.8 Å².